The van der Waals surface area contributed by atoms with Crippen molar-refractivity contribution in [3.8, 4) is 0 Å². The van der Waals surface area contributed by atoms with Gasteiger partial charge in [0.05, 0.1) is 17.2 Å². The SMILES string of the molecule is CCOC(=O)c1c(C)cn2c1SCC2=C(C)C(N)=O. The first-order valence-corrected chi connectivity index (χ1v) is 6.97. The smallest absolute Gasteiger partial charge is 0.341 e. The molecule has 1 aliphatic rings. The number of primary amides is 1. The van der Waals surface area contributed by atoms with Gasteiger partial charge in [0.2, 0.25) is 5.91 Å². The molecule has 1 aromatic rings. The fourth-order valence-corrected chi connectivity index (χ4v) is 3.36. The van der Waals surface area contributed by atoms with E-state index < -0.39 is 5.91 Å². The lowest BCUT2D eigenvalue weighted by atomic mass is 10.2. The average molecular weight is 280 g/mol. The predicted octanol–water partition coefficient (Wildman–Crippen LogP) is 1.80. The van der Waals surface area contributed by atoms with E-state index in [9.17, 15) is 9.59 Å². The first kappa shape index (κ1) is 13.7. The van der Waals surface area contributed by atoms with E-state index in [1.54, 1.807) is 13.8 Å². The molecule has 1 aliphatic heterocycles. The molecular weight excluding hydrogens is 264 g/mol. The number of hydrogen-bond acceptors (Lipinski definition) is 4. The summed E-state index contributed by atoms with van der Waals surface area (Å²) in [5, 5.41) is 0.826. The molecule has 0 radical (unpaired) electrons. The second-order valence-electron chi connectivity index (χ2n) is 4.31. The van der Waals surface area contributed by atoms with Crippen molar-refractivity contribution in [2.45, 2.75) is 25.8 Å². The molecule has 0 saturated carbocycles. The minimum atomic E-state index is -0.438. The molecule has 2 heterocycles. The number of thioether (sulfide) groups is 1. The zero-order valence-electron chi connectivity index (χ0n) is 11.1. The van der Waals surface area contributed by atoms with Gasteiger partial charge >= 0.3 is 5.97 Å². The Balaban J connectivity index is 2.51. The van der Waals surface area contributed by atoms with Crippen LogP contribution in [0.4, 0.5) is 0 Å². The lowest BCUT2D eigenvalue weighted by Crippen LogP contribution is -2.14. The Kier molecular flexibility index (Phi) is 3.71. The third kappa shape index (κ3) is 2.28. The third-order valence-electron chi connectivity index (χ3n) is 3.07. The number of ether oxygens (including phenoxy) is 1. The number of rotatable bonds is 3. The summed E-state index contributed by atoms with van der Waals surface area (Å²) in [5.41, 5.74) is 8.10. The summed E-state index contributed by atoms with van der Waals surface area (Å²) in [6.07, 6.45) is 1.85. The number of esters is 1. The maximum atomic E-state index is 11.9. The molecule has 0 atom stereocenters. The van der Waals surface area contributed by atoms with Gasteiger partial charge < -0.3 is 15.0 Å². The van der Waals surface area contributed by atoms with Crippen molar-refractivity contribution in [2.24, 2.45) is 5.73 Å². The second-order valence-corrected chi connectivity index (χ2v) is 5.27. The van der Waals surface area contributed by atoms with Gasteiger partial charge in [-0.2, -0.15) is 0 Å². The first-order chi connectivity index (χ1) is 8.97. The van der Waals surface area contributed by atoms with E-state index in [0.29, 0.717) is 23.5 Å². The minimum absolute atomic E-state index is 0.320. The van der Waals surface area contributed by atoms with E-state index in [1.165, 1.54) is 11.8 Å². The van der Waals surface area contributed by atoms with Crippen LogP contribution < -0.4 is 5.73 Å². The summed E-state index contributed by atoms with van der Waals surface area (Å²) >= 11 is 1.52. The van der Waals surface area contributed by atoms with Crippen LogP contribution in [-0.4, -0.2) is 28.8 Å². The average Bonchev–Trinajstić information content (AvgIpc) is 2.85. The number of amides is 1. The van der Waals surface area contributed by atoms with Gasteiger partial charge in [-0.3, -0.25) is 4.79 Å². The van der Waals surface area contributed by atoms with Crippen LogP contribution in [0.2, 0.25) is 0 Å². The molecule has 2 rings (SSSR count). The van der Waals surface area contributed by atoms with Crippen molar-refractivity contribution in [2.75, 3.05) is 12.4 Å². The van der Waals surface area contributed by atoms with Gasteiger partial charge in [-0.05, 0) is 26.3 Å². The van der Waals surface area contributed by atoms with Crippen molar-refractivity contribution >= 4 is 29.3 Å². The van der Waals surface area contributed by atoms with Crippen LogP contribution >= 0.6 is 11.8 Å². The number of nitrogens with zero attached hydrogens (tertiary/aromatic N) is 1. The van der Waals surface area contributed by atoms with Crippen molar-refractivity contribution in [1.82, 2.24) is 4.57 Å². The van der Waals surface area contributed by atoms with Crippen LogP contribution in [0, 0.1) is 6.92 Å². The highest BCUT2D eigenvalue weighted by atomic mass is 32.2. The van der Waals surface area contributed by atoms with E-state index in [1.807, 2.05) is 17.7 Å². The lowest BCUT2D eigenvalue weighted by molar-refractivity contribution is -0.114. The van der Waals surface area contributed by atoms with Crippen LogP contribution in [0.1, 0.15) is 29.8 Å². The van der Waals surface area contributed by atoms with Crippen molar-refractivity contribution in [3.63, 3.8) is 0 Å². The van der Waals surface area contributed by atoms with E-state index in [2.05, 4.69) is 0 Å². The van der Waals surface area contributed by atoms with Gasteiger partial charge in [0.1, 0.15) is 0 Å². The van der Waals surface area contributed by atoms with Crippen LogP contribution in [0.15, 0.2) is 16.8 Å². The molecule has 0 fully saturated rings. The largest absolute Gasteiger partial charge is 0.462 e. The summed E-state index contributed by atoms with van der Waals surface area (Å²) < 4.78 is 6.93. The monoisotopic (exact) mass is 280 g/mol. The molecule has 1 amide bonds. The molecule has 0 aromatic carbocycles. The highest BCUT2D eigenvalue weighted by molar-refractivity contribution is 8.00. The van der Waals surface area contributed by atoms with E-state index >= 15 is 0 Å². The minimum Gasteiger partial charge on any atom is -0.462 e. The number of hydrogen-bond donors (Lipinski definition) is 1. The molecule has 5 nitrogen and oxygen atoms in total. The Morgan fingerprint density at radius 1 is 1.53 bits per heavy atom. The Hall–Kier alpha value is -1.69. The van der Waals surface area contributed by atoms with Crippen molar-refractivity contribution < 1.29 is 14.3 Å². The molecule has 0 spiro atoms. The molecule has 102 valence electrons. The van der Waals surface area contributed by atoms with Gasteiger partial charge in [0.25, 0.3) is 0 Å². The zero-order chi connectivity index (χ0) is 14.2. The highest BCUT2D eigenvalue weighted by Crippen LogP contribution is 2.39. The molecule has 0 saturated heterocycles. The number of fused-ring (bicyclic) bond motifs is 1. The Morgan fingerprint density at radius 3 is 2.79 bits per heavy atom. The molecule has 1 aromatic heterocycles. The quantitative estimate of drug-likeness (QED) is 0.676. The van der Waals surface area contributed by atoms with Gasteiger partial charge in [0.15, 0.2) is 0 Å². The number of carbonyl (C=O) groups is 2. The van der Waals surface area contributed by atoms with Gasteiger partial charge in [0, 0.05) is 23.2 Å². The normalized spacial score (nSPS) is 16.2. The van der Waals surface area contributed by atoms with Crippen molar-refractivity contribution in [1.29, 1.82) is 0 Å². The zero-order valence-corrected chi connectivity index (χ0v) is 12.0. The summed E-state index contributed by atoms with van der Waals surface area (Å²) in [5.74, 6) is -0.122. The molecular formula is C13H16N2O3S. The summed E-state index contributed by atoms with van der Waals surface area (Å²) in [6.45, 7) is 5.68. The Morgan fingerprint density at radius 2 is 2.21 bits per heavy atom. The second kappa shape index (κ2) is 5.13. The number of carbonyl (C=O) groups excluding carboxylic acids is 2. The fraction of sp³-hybridized carbons (Fsp3) is 0.385. The Labute approximate surface area is 115 Å². The van der Waals surface area contributed by atoms with Crippen LogP contribution in [0.3, 0.4) is 0 Å². The van der Waals surface area contributed by atoms with Gasteiger partial charge in [-0.15, -0.1) is 11.8 Å². The maximum absolute atomic E-state index is 11.9. The van der Waals surface area contributed by atoms with Crippen LogP contribution in [0.5, 0.6) is 0 Å². The van der Waals surface area contributed by atoms with E-state index in [0.717, 1.165) is 16.3 Å². The summed E-state index contributed by atoms with van der Waals surface area (Å²) in [4.78, 5) is 23.2. The third-order valence-corrected chi connectivity index (χ3v) is 4.16. The van der Waals surface area contributed by atoms with Crippen LogP contribution in [-0.2, 0) is 9.53 Å². The van der Waals surface area contributed by atoms with Crippen molar-refractivity contribution in [3.05, 3.63) is 22.9 Å². The molecule has 0 unspecified atom stereocenters. The summed E-state index contributed by atoms with van der Waals surface area (Å²) in [7, 11) is 0. The van der Waals surface area contributed by atoms with Gasteiger partial charge in [-0.1, -0.05) is 0 Å². The van der Waals surface area contributed by atoms with Crippen LogP contribution in [0.25, 0.3) is 5.70 Å². The topological polar surface area (TPSA) is 74.3 Å². The standard InChI is InChI=1S/C13H16N2O3S/c1-4-18-13(17)10-7(2)5-15-9(6-19-12(10)15)8(3)11(14)16/h5H,4,6H2,1-3H3,(H2,14,16). The van der Waals surface area contributed by atoms with E-state index in [-0.39, 0.29) is 5.97 Å². The lowest BCUT2D eigenvalue weighted by Gasteiger charge is -2.04. The number of nitrogens with two attached hydrogens (primary N) is 1. The maximum Gasteiger partial charge on any atom is 0.341 e. The predicted molar refractivity (Wildman–Crippen MR) is 73.9 cm³/mol. The fourth-order valence-electron chi connectivity index (χ4n) is 2.04. The Bertz CT molecular complexity index is 587. The molecule has 19 heavy (non-hydrogen) atoms. The summed E-state index contributed by atoms with van der Waals surface area (Å²) in [6, 6.07) is 0. The molecule has 0 aliphatic carbocycles. The van der Waals surface area contributed by atoms with E-state index in [4.69, 9.17) is 10.5 Å². The highest BCUT2D eigenvalue weighted by Gasteiger charge is 2.28. The molecule has 6 heteroatoms. The molecule has 2 N–H and O–H groups in total. The first-order valence-electron chi connectivity index (χ1n) is 5.99. The van der Waals surface area contributed by atoms with Gasteiger partial charge in [-0.25, -0.2) is 4.79 Å². The molecule has 0 bridgehead atoms. The number of aromatic nitrogens is 1. The number of aryl methyl sites for hydroxylation is 1.